The van der Waals surface area contributed by atoms with E-state index in [2.05, 4.69) is 42.5 Å². The number of carbonyl (C=O) groups is 8. The standard InChI is InChI=1S/C91H130N18O16S4/c1-67-38-42-74(43-39-67)66-128(122,123)106(62-84(97)110)59-76(53-69-25-9-4-10-26-69)100-89(115)81(37-21-24-48-94)103-85(111)63-107(126(118,119)51-49-95)60-77(54-70-27-11-5-12-28-70)101-90(116)82(56-72-31-15-7-16-32-72)104-86(112)64-108(127(120,121)52-50-96)61-78(55-71-29-13-6-14-30-71)102-91(117)83(57-73-33-17-8-18-34-73)105-87(113)65-109(129(124,125)79-44-40-68(2)41-45-79)58-75(35-19-22-46-92)99-88(114)80(98-3)36-20-23-47-93/h4-18,25-34,38-45,75-78,80-83,98H,19-24,35-37,46-66,92-96H2,1-3H3,(H2,97,110)(H,99,114)(H,100,115)(H,101,116)(H,102,117)(H,103,111)(H,104,112)(H,105,113). The Balaban J connectivity index is 1.18. The number of unbranched alkanes of at least 4 members (excludes halogenated alkanes) is 3. The van der Waals surface area contributed by atoms with E-state index in [1.807, 2.05) is 6.92 Å². The first-order chi connectivity index (χ1) is 61.7. The summed E-state index contributed by atoms with van der Waals surface area (Å²) < 4.78 is 121. The number of sulfonamides is 4. The Labute approximate surface area is 759 Å². The number of nitrogens with two attached hydrogens (primary N) is 6. The molecular weight excluding hydrogens is 1730 g/mol. The summed E-state index contributed by atoms with van der Waals surface area (Å²) in [6.07, 6.45) is 3.12. The average Bonchev–Trinajstić information content (AvgIpc) is 0.816. The molecule has 7 rings (SSSR count). The first kappa shape index (κ1) is 106. The molecule has 0 saturated carbocycles. The second-order valence-electron chi connectivity index (χ2n) is 32.2. The lowest BCUT2D eigenvalue weighted by Crippen LogP contribution is -2.58. The lowest BCUT2D eigenvalue weighted by molar-refractivity contribution is -0.130. The summed E-state index contributed by atoms with van der Waals surface area (Å²) >= 11 is 0. The van der Waals surface area contributed by atoms with Crippen molar-refractivity contribution in [3.05, 3.63) is 245 Å². The van der Waals surface area contributed by atoms with Crippen molar-refractivity contribution >= 4 is 87.4 Å². The molecule has 704 valence electrons. The zero-order valence-corrected chi connectivity index (χ0v) is 77.1. The third kappa shape index (κ3) is 37.2. The van der Waals surface area contributed by atoms with Crippen molar-refractivity contribution in [2.75, 3.05) is 104 Å². The normalized spacial score (nSPS) is 13.9. The van der Waals surface area contributed by atoms with Crippen LogP contribution in [0.25, 0.3) is 0 Å². The molecule has 0 bridgehead atoms. The fourth-order valence-corrected chi connectivity index (χ4v) is 20.3. The highest BCUT2D eigenvalue weighted by Gasteiger charge is 2.38. The summed E-state index contributed by atoms with van der Waals surface area (Å²) in [5.41, 5.74) is 40.2. The SMILES string of the molecule is CNC(CCCCN)C(=O)NC(CCCCN)CN(CC(=O)NC(Cc1ccccc1)C(=O)NC(Cc1ccccc1)CN(CC(=O)NC(Cc1ccccc1)C(=O)NC(Cc1ccccc1)CN(CC(=O)NC(CCCCN)C(=O)NC(Cc1ccccc1)CN(CC(N)=O)S(=O)(=O)Cc1ccc(C)cc1)S(=O)(=O)CCN)S(=O)(=O)CCN)S(=O)(=O)c1ccc(C)cc1. The van der Waals surface area contributed by atoms with Crippen LogP contribution in [0.5, 0.6) is 0 Å². The third-order valence-electron chi connectivity index (χ3n) is 21.5. The minimum Gasteiger partial charge on any atom is -0.369 e. The number of amides is 8. The Morgan fingerprint density at radius 3 is 0.969 bits per heavy atom. The molecule has 129 heavy (non-hydrogen) atoms. The molecule has 0 radical (unpaired) electrons. The maximum Gasteiger partial charge on any atom is 0.243 e. The smallest absolute Gasteiger partial charge is 0.243 e. The number of likely N-dealkylation sites (N-methyl/N-ethyl adjacent to an activating group) is 1. The van der Waals surface area contributed by atoms with Gasteiger partial charge in [0.25, 0.3) is 0 Å². The number of hydrogen-bond acceptors (Lipinski definition) is 22. The molecule has 0 aromatic heterocycles. The summed E-state index contributed by atoms with van der Waals surface area (Å²) in [6.45, 7) is -1.87. The van der Waals surface area contributed by atoms with Gasteiger partial charge in [-0.05, 0) is 150 Å². The second-order valence-corrected chi connectivity index (χ2v) is 40.3. The molecule has 0 aliphatic rings. The Kier molecular flexibility index (Phi) is 44.6. The van der Waals surface area contributed by atoms with E-state index >= 15 is 14.4 Å². The highest BCUT2D eigenvalue weighted by atomic mass is 32.2. The van der Waals surface area contributed by atoms with Crippen LogP contribution in [0, 0.1) is 13.8 Å². The molecule has 0 heterocycles. The van der Waals surface area contributed by atoms with Gasteiger partial charge in [-0.25, -0.2) is 33.7 Å². The molecular formula is C91H130N18O16S4. The average molecular weight is 1860 g/mol. The van der Waals surface area contributed by atoms with Crippen molar-refractivity contribution in [2.24, 2.45) is 34.4 Å². The summed E-state index contributed by atoms with van der Waals surface area (Å²) in [4.78, 5) is 117. The number of nitrogens with zero attached hydrogens (tertiary/aromatic N) is 4. The van der Waals surface area contributed by atoms with Crippen LogP contribution >= 0.6 is 0 Å². The number of nitrogens with one attached hydrogen (secondary N) is 8. The van der Waals surface area contributed by atoms with Gasteiger partial charge in [0.1, 0.15) is 18.1 Å². The van der Waals surface area contributed by atoms with Crippen LogP contribution < -0.4 is 76.9 Å². The van der Waals surface area contributed by atoms with Crippen LogP contribution in [-0.4, -0.2) is 250 Å². The van der Waals surface area contributed by atoms with Gasteiger partial charge in [-0.1, -0.05) is 212 Å². The lowest BCUT2D eigenvalue weighted by atomic mass is 10.0. The Bertz CT molecular complexity index is 5130. The first-order valence-electron chi connectivity index (χ1n) is 43.5. The molecule has 8 unspecified atom stereocenters. The molecule has 0 saturated heterocycles. The molecule has 0 aliphatic heterocycles. The summed E-state index contributed by atoms with van der Waals surface area (Å²) in [5, 5.41) is 23.1. The van der Waals surface area contributed by atoms with Gasteiger partial charge in [0.15, 0.2) is 0 Å². The fraction of sp³-hybridized carbons (Fsp3) is 0.451. The van der Waals surface area contributed by atoms with E-state index in [4.69, 9.17) is 34.4 Å². The van der Waals surface area contributed by atoms with Gasteiger partial charge in [0.05, 0.1) is 54.4 Å². The number of rotatable bonds is 61. The Morgan fingerprint density at radius 2 is 0.612 bits per heavy atom. The number of carbonyl (C=O) groups excluding carboxylic acids is 8. The maximum atomic E-state index is 15.4. The van der Waals surface area contributed by atoms with E-state index in [1.54, 1.807) is 202 Å². The zero-order valence-electron chi connectivity index (χ0n) is 73.8. The van der Waals surface area contributed by atoms with Crippen LogP contribution in [0.1, 0.15) is 102 Å². The topological polar surface area (TPSA) is 538 Å². The molecule has 34 nitrogen and oxygen atoms in total. The first-order valence-corrected chi connectivity index (χ1v) is 49.7. The van der Waals surface area contributed by atoms with Gasteiger partial charge in [-0.2, -0.15) is 17.2 Å². The van der Waals surface area contributed by atoms with E-state index in [9.17, 15) is 57.6 Å². The van der Waals surface area contributed by atoms with Gasteiger partial charge in [0.2, 0.25) is 87.4 Å². The highest BCUT2D eigenvalue weighted by molar-refractivity contribution is 7.89. The number of aryl methyl sites for hydroxylation is 2. The Hall–Kier alpha value is -10.3. The number of benzene rings is 7. The van der Waals surface area contributed by atoms with Gasteiger partial charge >= 0.3 is 0 Å². The number of primary amides is 1. The number of hydrogen-bond donors (Lipinski definition) is 14. The van der Waals surface area contributed by atoms with Crippen molar-refractivity contribution in [1.29, 1.82) is 0 Å². The molecule has 7 aromatic carbocycles. The lowest BCUT2D eigenvalue weighted by Gasteiger charge is -2.31. The monoisotopic (exact) mass is 1860 g/mol. The largest absolute Gasteiger partial charge is 0.369 e. The van der Waals surface area contributed by atoms with Crippen LogP contribution in [0.3, 0.4) is 0 Å². The molecule has 0 aliphatic carbocycles. The van der Waals surface area contributed by atoms with E-state index in [0.717, 1.165) is 28.3 Å². The van der Waals surface area contributed by atoms with E-state index in [0.29, 0.717) is 85.0 Å². The van der Waals surface area contributed by atoms with Gasteiger partial charge in [-0.3, -0.25) is 38.4 Å². The van der Waals surface area contributed by atoms with Crippen molar-refractivity contribution in [2.45, 2.75) is 163 Å². The minimum absolute atomic E-state index is 0.0347. The quantitative estimate of drug-likeness (QED) is 0.0239. The molecule has 8 atom stereocenters. The molecule has 0 fully saturated rings. The summed E-state index contributed by atoms with van der Waals surface area (Å²) in [6, 6.07) is 46.5. The van der Waals surface area contributed by atoms with Crippen molar-refractivity contribution in [3.63, 3.8) is 0 Å². The van der Waals surface area contributed by atoms with Crippen LogP contribution in [0.15, 0.2) is 205 Å². The second kappa shape index (κ2) is 54.4. The minimum atomic E-state index is -4.58. The van der Waals surface area contributed by atoms with Crippen LogP contribution in [-0.2, 0) is 116 Å². The van der Waals surface area contributed by atoms with Crippen molar-refractivity contribution < 1.29 is 72.0 Å². The van der Waals surface area contributed by atoms with Gasteiger partial charge in [0, 0.05) is 76.3 Å². The van der Waals surface area contributed by atoms with Gasteiger partial charge in [-0.15, -0.1) is 0 Å². The molecule has 38 heteroatoms. The zero-order chi connectivity index (χ0) is 93.9. The molecule has 8 amide bonds. The molecule has 0 spiro atoms. The third-order valence-corrected chi connectivity index (χ3v) is 28.7. The fourth-order valence-electron chi connectivity index (χ4n) is 14.7. The summed E-state index contributed by atoms with van der Waals surface area (Å²) in [5.74, 6) is -8.71. The predicted molar refractivity (Wildman–Crippen MR) is 499 cm³/mol. The van der Waals surface area contributed by atoms with E-state index in [1.165, 1.54) is 12.1 Å². The molecule has 7 aromatic rings. The Morgan fingerprint density at radius 1 is 0.310 bits per heavy atom. The molecule has 20 N–H and O–H groups in total. The summed E-state index contributed by atoms with van der Waals surface area (Å²) in [7, 11) is -16.3. The van der Waals surface area contributed by atoms with Crippen molar-refractivity contribution in [3.8, 4) is 0 Å². The van der Waals surface area contributed by atoms with Crippen LogP contribution in [0.4, 0.5) is 0 Å². The van der Waals surface area contributed by atoms with E-state index < -0.39 is 212 Å². The van der Waals surface area contributed by atoms with Crippen molar-refractivity contribution in [1.82, 2.24) is 59.8 Å². The van der Waals surface area contributed by atoms with Crippen LogP contribution in [0.2, 0.25) is 0 Å². The maximum absolute atomic E-state index is 15.4. The predicted octanol–water partition coefficient (Wildman–Crippen LogP) is 1.37. The van der Waals surface area contributed by atoms with E-state index in [-0.39, 0.29) is 69.4 Å². The highest BCUT2D eigenvalue weighted by Crippen LogP contribution is 2.22. The van der Waals surface area contributed by atoms with Gasteiger partial charge < -0.3 is 76.9 Å².